The van der Waals surface area contributed by atoms with Crippen LogP contribution in [-0.2, 0) is 73.5 Å². The molecular weight excluding hydrogens is 270 g/mol. The zero-order valence-corrected chi connectivity index (χ0v) is 8.25. The van der Waals surface area contributed by atoms with E-state index in [-0.39, 0.29) is 80.9 Å². The van der Waals surface area contributed by atoms with Gasteiger partial charge in [0.1, 0.15) is 0 Å². The Bertz CT molecular complexity index is 11.6. The molecule has 0 unspecified atom stereocenters. The average molecular weight is 273 g/mol. The van der Waals surface area contributed by atoms with E-state index in [0.717, 1.165) is 0 Å². The zero-order valence-electron chi connectivity index (χ0n) is 2.58. The van der Waals surface area contributed by atoms with Crippen molar-refractivity contribution in [3.05, 3.63) is 7.43 Å². The van der Waals surface area contributed by atoms with Crippen LogP contribution >= 0.6 is 0 Å². The van der Waals surface area contributed by atoms with Crippen molar-refractivity contribution in [2.45, 2.75) is 0 Å². The second-order valence-electron chi connectivity index (χ2n) is 0. The van der Waals surface area contributed by atoms with Crippen LogP contribution in [0.4, 0.5) is 0 Å². The molecule has 1 radical (unpaired) electrons. The SMILES string of the molecule is [CH3-].[Cr].[Mo].[Ni].[V]. The van der Waals surface area contributed by atoms with Gasteiger partial charge in [-0.2, -0.15) is 0 Å². The van der Waals surface area contributed by atoms with Crippen LogP contribution in [0.25, 0.3) is 0 Å². The second-order valence-corrected chi connectivity index (χ2v) is 0. The molecule has 0 heterocycles. The van der Waals surface area contributed by atoms with E-state index in [1.165, 1.54) is 0 Å². The van der Waals surface area contributed by atoms with Gasteiger partial charge in [0.2, 0.25) is 0 Å². The van der Waals surface area contributed by atoms with E-state index in [1.54, 1.807) is 0 Å². The summed E-state index contributed by atoms with van der Waals surface area (Å²) in [5.41, 5.74) is 0. The van der Waals surface area contributed by atoms with E-state index in [0.29, 0.717) is 0 Å². The first kappa shape index (κ1) is 54.8. The summed E-state index contributed by atoms with van der Waals surface area (Å²) < 4.78 is 0. The van der Waals surface area contributed by atoms with E-state index in [1.807, 2.05) is 0 Å². The van der Waals surface area contributed by atoms with Gasteiger partial charge in [-0.25, -0.2) is 0 Å². The van der Waals surface area contributed by atoms with Gasteiger partial charge in [0.25, 0.3) is 0 Å². The first-order chi connectivity index (χ1) is 0. The standard InChI is InChI=1S/CH3.Cr.Mo.Ni.V/h1H3;;;;/q-1;;;;. The molecule has 0 nitrogen and oxygen atoms in total. The molecule has 0 amide bonds. The summed E-state index contributed by atoms with van der Waals surface area (Å²) in [5, 5.41) is 0. The predicted octanol–water partition coefficient (Wildman–Crippen LogP) is 0.440. The molecule has 0 aromatic carbocycles. The van der Waals surface area contributed by atoms with Crippen LogP contribution in [0.1, 0.15) is 0 Å². The normalized spacial score (nSPS) is 0. The Morgan fingerprint density at radius 2 is 1.00 bits per heavy atom. The molecule has 0 spiro atoms. The molecule has 4 heteroatoms. The van der Waals surface area contributed by atoms with E-state index in [9.17, 15) is 0 Å². The Hall–Kier alpha value is 2.30. The maximum absolute atomic E-state index is 0. The van der Waals surface area contributed by atoms with Crippen LogP contribution in [0.5, 0.6) is 0 Å². The minimum absolute atomic E-state index is 0. The molecule has 0 aliphatic heterocycles. The minimum atomic E-state index is 0. The molecule has 0 saturated heterocycles. The van der Waals surface area contributed by atoms with Crippen LogP contribution in [0.15, 0.2) is 0 Å². The van der Waals surface area contributed by atoms with Crippen molar-refractivity contribution >= 4 is 0 Å². The number of hydrogen-bond acceptors (Lipinski definition) is 0. The largest absolute Gasteiger partial charge is 0.358 e. The summed E-state index contributed by atoms with van der Waals surface area (Å²) in [6.07, 6.45) is 0. The molecule has 0 bridgehead atoms. The van der Waals surface area contributed by atoms with Gasteiger partial charge in [-0.15, -0.1) is 0 Å². The van der Waals surface area contributed by atoms with Crippen LogP contribution in [0.3, 0.4) is 0 Å². The summed E-state index contributed by atoms with van der Waals surface area (Å²) in [4.78, 5) is 0. The Morgan fingerprint density at radius 3 is 1.00 bits per heavy atom. The molecule has 0 aromatic heterocycles. The van der Waals surface area contributed by atoms with Crippen molar-refractivity contribution in [2.24, 2.45) is 0 Å². The van der Waals surface area contributed by atoms with E-state index < -0.39 is 0 Å². The van der Waals surface area contributed by atoms with Gasteiger partial charge in [-0.05, 0) is 0 Å². The molecule has 35 valence electrons. The fourth-order valence-corrected chi connectivity index (χ4v) is 0. The molecule has 0 fully saturated rings. The fourth-order valence-electron chi connectivity index (χ4n) is 0. The molecule has 0 atom stereocenters. The van der Waals surface area contributed by atoms with Gasteiger partial charge in [0.05, 0.1) is 0 Å². The molecule has 0 aliphatic carbocycles. The smallest absolute Gasteiger partial charge is 0 e. The fraction of sp³-hybridized carbons (Fsp3) is 0. The molecule has 0 N–H and O–H groups in total. The molecular formula is CH3CrMoNiV-. The van der Waals surface area contributed by atoms with Gasteiger partial charge >= 0.3 is 0 Å². The number of hydrogen-bond donors (Lipinski definition) is 0. The molecule has 0 saturated carbocycles. The maximum atomic E-state index is 0. The average Bonchev–Trinajstić information content (AvgIpc) is 0. The second kappa shape index (κ2) is 33.5. The molecule has 0 rings (SSSR count). The predicted molar refractivity (Wildman–Crippen MR) is 6.41 cm³/mol. The Labute approximate surface area is 80.1 Å². The molecule has 0 aromatic rings. The van der Waals surface area contributed by atoms with E-state index in [4.69, 9.17) is 0 Å². The minimum Gasteiger partial charge on any atom is -0.358 e. The summed E-state index contributed by atoms with van der Waals surface area (Å²) in [6.45, 7) is 0. The summed E-state index contributed by atoms with van der Waals surface area (Å²) in [7, 11) is 0. The monoisotopic (exact) mass is 274 g/mol. The maximum Gasteiger partial charge on any atom is 0 e. The van der Waals surface area contributed by atoms with Crippen molar-refractivity contribution in [3.8, 4) is 0 Å². The Balaban J connectivity index is 0. The summed E-state index contributed by atoms with van der Waals surface area (Å²) >= 11 is 0. The van der Waals surface area contributed by atoms with Crippen LogP contribution in [0, 0.1) is 7.43 Å². The van der Waals surface area contributed by atoms with Crippen molar-refractivity contribution in [1.82, 2.24) is 0 Å². The molecule has 5 heavy (non-hydrogen) atoms. The van der Waals surface area contributed by atoms with E-state index in [2.05, 4.69) is 0 Å². The van der Waals surface area contributed by atoms with Gasteiger partial charge in [0.15, 0.2) is 0 Å². The first-order valence-electron chi connectivity index (χ1n) is 0. The summed E-state index contributed by atoms with van der Waals surface area (Å²) in [6, 6.07) is 0. The Morgan fingerprint density at radius 1 is 1.00 bits per heavy atom. The summed E-state index contributed by atoms with van der Waals surface area (Å²) in [5.74, 6) is 0. The van der Waals surface area contributed by atoms with Crippen molar-refractivity contribution < 1.29 is 73.5 Å². The van der Waals surface area contributed by atoms with Crippen molar-refractivity contribution in [3.63, 3.8) is 0 Å². The third kappa shape index (κ3) is 22.0. The Kier molecular flexibility index (Phi) is 367. The quantitative estimate of drug-likeness (QED) is 0.443. The van der Waals surface area contributed by atoms with E-state index >= 15 is 0 Å². The van der Waals surface area contributed by atoms with Crippen molar-refractivity contribution in [1.29, 1.82) is 0 Å². The van der Waals surface area contributed by atoms with Crippen LogP contribution in [0.2, 0.25) is 0 Å². The topological polar surface area (TPSA) is 0 Å². The van der Waals surface area contributed by atoms with Gasteiger partial charge < -0.3 is 7.43 Å². The van der Waals surface area contributed by atoms with Crippen molar-refractivity contribution in [2.75, 3.05) is 0 Å². The third-order valence-electron chi connectivity index (χ3n) is 0. The van der Waals surface area contributed by atoms with Crippen LogP contribution < -0.4 is 0 Å². The van der Waals surface area contributed by atoms with Gasteiger partial charge in [-0.1, -0.05) is 0 Å². The zero-order chi connectivity index (χ0) is 0. The van der Waals surface area contributed by atoms with Crippen LogP contribution in [-0.4, -0.2) is 0 Å². The van der Waals surface area contributed by atoms with Gasteiger partial charge in [-0.3, -0.25) is 0 Å². The first-order valence-corrected chi connectivity index (χ1v) is 0. The third-order valence-corrected chi connectivity index (χ3v) is 0. The number of rotatable bonds is 0. The van der Waals surface area contributed by atoms with Gasteiger partial charge in [0, 0.05) is 73.5 Å². The molecule has 0 aliphatic rings.